The van der Waals surface area contributed by atoms with Gasteiger partial charge in [-0.2, -0.15) is 12.6 Å². The molecular formula is C11H20N2O3S. The first-order valence-electron chi connectivity index (χ1n) is 5.87. The van der Waals surface area contributed by atoms with Crippen LogP contribution in [0.25, 0.3) is 0 Å². The number of nitrogens with one attached hydrogen (secondary N) is 2. The normalized spacial score (nSPS) is 18.5. The van der Waals surface area contributed by atoms with Crippen LogP contribution in [-0.4, -0.2) is 43.4 Å². The second-order valence-electron chi connectivity index (χ2n) is 4.24. The number of carbonyl (C=O) groups excluding carboxylic acids is 2. The van der Waals surface area contributed by atoms with Gasteiger partial charge in [-0.25, -0.2) is 0 Å². The number of thiol groups is 1. The zero-order valence-electron chi connectivity index (χ0n) is 10.1. The summed E-state index contributed by atoms with van der Waals surface area (Å²) in [6.07, 6.45) is 1.96. The fourth-order valence-corrected chi connectivity index (χ4v) is 2.02. The predicted molar refractivity (Wildman–Crippen MR) is 68.0 cm³/mol. The average molecular weight is 260 g/mol. The lowest BCUT2D eigenvalue weighted by Gasteiger charge is -2.23. The molecule has 1 atom stereocenters. The van der Waals surface area contributed by atoms with Gasteiger partial charge < -0.3 is 15.4 Å². The van der Waals surface area contributed by atoms with E-state index in [-0.39, 0.29) is 11.8 Å². The van der Waals surface area contributed by atoms with Crippen LogP contribution in [0.4, 0.5) is 0 Å². The van der Waals surface area contributed by atoms with E-state index < -0.39 is 6.04 Å². The van der Waals surface area contributed by atoms with Crippen LogP contribution >= 0.6 is 12.6 Å². The number of hydrogen-bond donors (Lipinski definition) is 3. The third-order valence-corrected chi connectivity index (χ3v) is 3.15. The van der Waals surface area contributed by atoms with Gasteiger partial charge in [-0.3, -0.25) is 9.59 Å². The second-order valence-corrected chi connectivity index (χ2v) is 4.60. The third kappa shape index (κ3) is 5.41. The van der Waals surface area contributed by atoms with E-state index >= 15 is 0 Å². The van der Waals surface area contributed by atoms with Crippen LogP contribution in [0.3, 0.4) is 0 Å². The highest BCUT2D eigenvalue weighted by Gasteiger charge is 2.20. The third-order valence-electron chi connectivity index (χ3n) is 2.78. The standard InChI is InChI=1S/C11H20N2O3S/c1-8(14)13-10(7-17)11(15)12-6-9-2-4-16-5-3-9/h9-10,17H,2-7H2,1H3,(H,12,15)(H,13,14). The first-order chi connectivity index (χ1) is 8.13. The minimum absolute atomic E-state index is 0.165. The van der Waals surface area contributed by atoms with Crippen molar-refractivity contribution in [2.24, 2.45) is 5.92 Å². The highest BCUT2D eigenvalue weighted by atomic mass is 32.1. The van der Waals surface area contributed by atoms with Crippen LogP contribution in [0, 0.1) is 5.92 Å². The summed E-state index contributed by atoms with van der Waals surface area (Å²) in [5.74, 6) is 0.400. The Bertz CT molecular complexity index is 267. The molecule has 0 radical (unpaired) electrons. The summed E-state index contributed by atoms with van der Waals surface area (Å²) >= 11 is 4.05. The van der Waals surface area contributed by atoms with E-state index in [1.165, 1.54) is 6.92 Å². The predicted octanol–water partition coefficient (Wildman–Crippen LogP) is -0.0363. The molecule has 0 aromatic rings. The SMILES string of the molecule is CC(=O)NC(CS)C(=O)NCC1CCOCC1. The van der Waals surface area contributed by atoms with Gasteiger partial charge in [-0.1, -0.05) is 0 Å². The summed E-state index contributed by atoms with van der Waals surface area (Å²) in [4.78, 5) is 22.6. The molecule has 1 saturated heterocycles. The van der Waals surface area contributed by atoms with E-state index in [4.69, 9.17) is 4.74 Å². The van der Waals surface area contributed by atoms with Crippen molar-refractivity contribution in [1.82, 2.24) is 10.6 Å². The summed E-state index contributed by atoms with van der Waals surface area (Å²) in [5, 5.41) is 5.42. The van der Waals surface area contributed by atoms with Crippen LogP contribution in [0.2, 0.25) is 0 Å². The Hall–Kier alpha value is -0.750. The Kier molecular flexibility index (Phi) is 6.36. The van der Waals surface area contributed by atoms with Crippen LogP contribution in [0.5, 0.6) is 0 Å². The van der Waals surface area contributed by atoms with E-state index in [0.29, 0.717) is 18.2 Å². The second kappa shape index (κ2) is 7.55. The summed E-state index contributed by atoms with van der Waals surface area (Å²) in [7, 11) is 0. The lowest BCUT2D eigenvalue weighted by molar-refractivity contribution is -0.127. The van der Waals surface area contributed by atoms with Gasteiger partial charge in [0, 0.05) is 32.4 Å². The van der Waals surface area contributed by atoms with Gasteiger partial charge >= 0.3 is 0 Å². The number of rotatable bonds is 5. The molecule has 1 heterocycles. The Labute approximate surface area is 107 Å². The molecule has 17 heavy (non-hydrogen) atoms. The average Bonchev–Trinajstić information content (AvgIpc) is 2.34. The van der Waals surface area contributed by atoms with Gasteiger partial charge in [0.05, 0.1) is 0 Å². The summed E-state index contributed by atoms with van der Waals surface area (Å²) < 4.78 is 5.25. The summed E-state index contributed by atoms with van der Waals surface area (Å²) in [5.41, 5.74) is 0. The zero-order chi connectivity index (χ0) is 12.7. The molecule has 5 nitrogen and oxygen atoms in total. The van der Waals surface area contributed by atoms with Gasteiger partial charge in [-0.05, 0) is 18.8 Å². The van der Waals surface area contributed by atoms with E-state index in [0.717, 1.165) is 26.1 Å². The highest BCUT2D eigenvalue weighted by Crippen LogP contribution is 2.13. The molecule has 0 aliphatic carbocycles. The maximum Gasteiger partial charge on any atom is 0.243 e. The number of hydrogen-bond acceptors (Lipinski definition) is 4. The fraction of sp³-hybridized carbons (Fsp3) is 0.818. The number of ether oxygens (including phenoxy) is 1. The van der Waals surface area contributed by atoms with Crippen molar-refractivity contribution in [1.29, 1.82) is 0 Å². The molecule has 2 N–H and O–H groups in total. The van der Waals surface area contributed by atoms with Crippen molar-refractivity contribution < 1.29 is 14.3 Å². The van der Waals surface area contributed by atoms with Crippen LogP contribution < -0.4 is 10.6 Å². The van der Waals surface area contributed by atoms with E-state index in [9.17, 15) is 9.59 Å². The number of amides is 2. The highest BCUT2D eigenvalue weighted by molar-refractivity contribution is 7.80. The van der Waals surface area contributed by atoms with Gasteiger partial charge in [0.1, 0.15) is 6.04 Å². The van der Waals surface area contributed by atoms with E-state index in [1.54, 1.807) is 0 Å². The van der Waals surface area contributed by atoms with Gasteiger partial charge in [0.2, 0.25) is 11.8 Å². The number of carbonyl (C=O) groups is 2. The van der Waals surface area contributed by atoms with Gasteiger partial charge in [0.15, 0.2) is 0 Å². The van der Waals surface area contributed by atoms with Crippen molar-refractivity contribution in [3.63, 3.8) is 0 Å². The van der Waals surface area contributed by atoms with Crippen molar-refractivity contribution >= 4 is 24.4 Å². The molecule has 1 rings (SSSR count). The molecule has 1 unspecified atom stereocenters. The molecule has 2 amide bonds. The maximum absolute atomic E-state index is 11.7. The molecular weight excluding hydrogens is 240 g/mol. The van der Waals surface area contributed by atoms with Crippen LogP contribution in [0.1, 0.15) is 19.8 Å². The first-order valence-corrected chi connectivity index (χ1v) is 6.50. The van der Waals surface area contributed by atoms with Crippen molar-refractivity contribution in [3.05, 3.63) is 0 Å². The topological polar surface area (TPSA) is 67.4 Å². The minimum atomic E-state index is -0.546. The quantitative estimate of drug-likeness (QED) is 0.608. The Morgan fingerprint density at radius 2 is 2.06 bits per heavy atom. The molecule has 1 fully saturated rings. The molecule has 6 heteroatoms. The smallest absolute Gasteiger partial charge is 0.243 e. The van der Waals surface area contributed by atoms with Gasteiger partial charge in [-0.15, -0.1) is 0 Å². The molecule has 0 aromatic heterocycles. The molecule has 0 saturated carbocycles. The summed E-state index contributed by atoms with van der Waals surface area (Å²) in [6, 6.07) is -0.546. The Morgan fingerprint density at radius 3 is 2.59 bits per heavy atom. The van der Waals surface area contributed by atoms with Crippen LogP contribution in [0.15, 0.2) is 0 Å². The minimum Gasteiger partial charge on any atom is -0.381 e. The maximum atomic E-state index is 11.7. The largest absolute Gasteiger partial charge is 0.381 e. The molecule has 0 spiro atoms. The van der Waals surface area contributed by atoms with Gasteiger partial charge in [0.25, 0.3) is 0 Å². The molecule has 1 aliphatic heterocycles. The van der Waals surface area contributed by atoms with Crippen molar-refractivity contribution in [2.75, 3.05) is 25.5 Å². The Balaban J connectivity index is 2.28. The van der Waals surface area contributed by atoms with Crippen molar-refractivity contribution in [3.8, 4) is 0 Å². The van der Waals surface area contributed by atoms with Crippen LogP contribution in [-0.2, 0) is 14.3 Å². The zero-order valence-corrected chi connectivity index (χ0v) is 11.0. The Morgan fingerprint density at radius 1 is 1.41 bits per heavy atom. The van der Waals surface area contributed by atoms with E-state index in [2.05, 4.69) is 23.3 Å². The van der Waals surface area contributed by atoms with E-state index in [1.807, 2.05) is 0 Å². The fourth-order valence-electron chi connectivity index (χ4n) is 1.76. The lowest BCUT2D eigenvalue weighted by atomic mass is 10.0. The first kappa shape index (κ1) is 14.3. The van der Waals surface area contributed by atoms with Crippen molar-refractivity contribution in [2.45, 2.75) is 25.8 Å². The molecule has 1 aliphatic rings. The molecule has 0 aromatic carbocycles. The lowest BCUT2D eigenvalue weighted by Crippen LogP contribution is -2.48. The monoisotopic (exact) mass is 260 g/mol. The summed E-state index contributed by atoms with van der Waals surface area (Å²) in [6.45, 7) is 3.57. The molecule has 0 bridgehead atoms. The molecule has 98 valence electrons.